The van der Waals surface area contributed by atoms with E-state index in [1.807, 2.05) is 43.3 Å². The van der Waals surface area contributed by atoms with E-state index in [0.717, 1.165) is 16.7 Å². The molecular weight excluding hydrogens is 448 g/mol. The van der Waals surface area contributed by atoms with E-state index < -0.39 is 16.1 Å². The standard InChI is InChI=1S/C27H30N2O4S/c1-19-10-12-20(13-11-19)17-28-26(30)25-18-29(34(31,32)22-8-6-5-7-9-22)23-16-21(27(2,3)4)14-15-24(23)33-25/h5-16,25H,17-18H2,1-4H3,(H,28,30)/t25-/m1/s1. The van der Waals surface area contributed by atoms with E-state index in [1.54, 1.807) is 36.4 Å². The molecule has 1 atom stereocenters. The summed E-state index contributed by atoms with van der Waals surface area (Å²) in [5.74, 6) is 0.00799. The average Bonchev–Trinajstić information content (AvgIpc) is 2.82. The Bertz CT molecular complexity index is 1280. The fraction of sp³-hybridized carbons (Fsp3) is 0.296. The third-order valence-electron chi connectivity index (χ3n) is 5.91. The number of nitrogens with zero attached hydrogens (tertiary/aromatic N) is 1. The highest BCUT2D eigenvalue weighted by molar-refractivity contribution is 7.92. The molecule has 0 aliphatic carbocycles. The van der Waals surface area contributed by atoms with Gasteiger partial charge in [0, 0.05) is 6.54 Å². The number of benzene rings is 3. The monoisotopic (exact) mass is 478 g/mol. The highest BCUT2D eigenvalue weighted by Gasteiger charge is 2.38. The number of hydrogen-bond acceptors (Lipinski definition) is 4. The Kier molecular flexibility index (Phi) is 6.41. The molecule has 3 aromatic carbocycles. The second-order valence-electron chi connectivity index (χ2n) is 9.59. The lowest BCUT2D eigenvalue weighted by Gasteiger charge is -2.36. The molecule has 0 fully saturated rings. The fourth-order valence-electron chi connectivity index (χ4n) is 3.81. The van der Waals surface area contributed by atoms with Gasteiger partial charge in [0.1, 0.15) is 5.75 Å². The molecule has 0 radical (unpaired) electrons. The molecule has 34 heavy (non-hydrogen) atoms. The molecule has 0 bridgehead atoms. The fourth-order valence-corrected chi connectivity index (χ4v) is 5.30. The lowest BCUT2D eigenvalue weighted by Crippen LogP contribution is -2.50. The van der Waals surface area contributed by atoms with Crippen molar-refractivity contribution in [1.29, 1.82) is 0 Å². The zero-order valence-corrected chi connectivity index (χ0v) is 20.7. The molecule has 6 nitrogen and oxygen atoms in total. The molecule has 3 aromatic rings. The Morgan fingerprint density at radius 3 is 2.35 bits per heavy atom. The Hall–Kier alpha value is -3.32. The molecule has 0 spiro atoms. The van der Waals surface area contributed by atoms with Crippen LogP contribution in [0.3, 0.4) is 0 Å². The van der Waals surface area contributed by atoms with Crippen molar-refractivity contribution in [2.24, 2.45) is 0 Å². The highest BCUT2D eigenvalue weighted by atomic mass is 32.2. The van der Waals surface area contributed by atoms with Crippen molar-refractivity contribution >= 4 is 21.6 Å². The Morgan fingerprint density at radius 2 is 1.71 bits per heavy atom. The van der Waals surface area contributed by atoms with Crippen LogP contribution in [0.2, 0.25) is 0 Å². The van der Waals surface area contributed by atoms with Crippen LogP contribution in [0.5, 0.6) is 5.75 Å². The zero-order chi connectivity index (χ0) is 24.5. The number of amides is 1. The van der Waals surface area contributed by atoms with Gasteiger partial charge in [0.05, 0.1) is 17.1 Å². The van der Waals surface area contributed by atoms with E-state index >= 15 is 0 Å². The van der Waals surface area contributed by atoms with Crippen LogP contribution in [0.4, 0.5) is 5.69 Å². The Labute approximate surface area is 201 Å². The molecular formula is C27H30N2O4S. The molecule has 1 heterocycles. The largest absolute Gasteiger partial charge is 0.476 e. The maximum Gasteiger partial charge on any atom is 0.264 e. The predicted octanol–water partition coefficient (Wildman–Crippen LogP) is 4.57. The van der Waals surface area contributed by atoms with Crippen LogP contribution in [-0.4, -0.2) is 27.0 Å². The first-order valence-electron chi connectivity index (χ1n) is 11.3. The van der Waals surface area contributed by atoms with Crippen molar-refractivity contribution in [1.82, 2.24) is 5.32 Å². The summed E-state index contributed by atoms with van der Waals surface area (Å²) in [6, 6.07) is 21.6. The smallest absolute Gasteiger partial charge is 0.264 e. The molecule has 4 rings (SSSR count). The van der Waals surface area contributed by atoms with Gasteiger partial charge in [-0.25, -0.2) is 8.42 Å². The van der Waals surface area contributed by atoms with Gasteiger partial charge in [0.25, 0.3) is 15.9 Å². The van der Waals surface area contributed by atoms with Crippen molar-refractivity contribution in [2.45, 2.75) is 50.7 Å². The van der Waals surface area contributed by atoms with Gasteiger partial charge in [-0.2, -0.15) is 0 Å². The van der Waals surface area contributed by atoms with Gasteiger partial charge in [-0.05, 0) is 47.7 Å². The van der Waals surface area contributed by atoms with Crippen LogP contribution in [0, 0.1) is 6.92 Å². The first-order chi connectivity index (χ1) is 16.1. The molecule has 1 aliphatic rings. The van der Waals surface area contributed by atoms with Crippen LogP contribution in [0.25, 0.3) is 0 Å². The van der Waals surface area contributed by atoms with Gasteiger partial charge in [0.2, 0.25) is 0 Å². The molecule has 7 heteroatoms. The van der Waals surface area contributed by atoms with Gasteiger partial charge in [-0.1, -0.05) is 74.9 Å². The molecule has 1 amide bonds. The number of fused-ring (bicyclic) bond motifs is 1. The van der Waals surface area contributed by atoms with Crippen molar-refractivity contribution in [3.05, 3.63) is 89.5 Å². The summed E-state index contributed by atoms with van der Waals surface area (Å²) in [7, 11) is -3.90. The molecule has 0 saturated carbocycles. The first-order valence-corrected chi connectivity index (χ1v) is 12.7. The van der Waals surface area contributed by atoms with Crippen molar-refractivity contribution in [3.8, 4) is 5.75 Å². The van der Waals surface area contributed by atoms with E-state index in [4.69, 9.17) is 4.74 Å². The van der Waals surface area contributed by atoms with Gasteiger partial charge >= 0.3 is 0 Å². The zero-order valence-electron chi connectivity index (χ0n) is 19.9. The van der Waals surface area contributed by atoms with Crippen LogP contribution in [0.1, 0.15) is 37.5 Å². The SMILES string of the molecule is Cc1ccc(CNC(=O)[C@H]2CN(S(=O)(=O)c3ccccc3)c3cc(C(C)(C)C)ccc3O2)cc1. The minimum absolute atomic E-state index is 0.114. The van der Waals surface area contributed by atoms with Gasteiger partial charge < -0.3 is 10.1 Å². The average molecular weight is 479 g/mol. The topological polar surface area (TPSA) is 75.7 Å². The summed E-state index contributed by atoms with van der Waals surface area (Å²) in [6.45, 7) is 8.42. The van der Waals surface area contributed by atoms with Gasteiger partial charge in [-0.15, -0.1) is 0 Å². The number of ether oxygens (including phenoxy) is 1. The van der Waals surface area contributed by atoms with Crippen molar-refractivity contribution < 1.29 is 17.9 Å². The van der Waals surface area contributed by atoms with E-state index in [0.29, 0.717) is 18.0 Å². The normalized spacial score (nSPS) is 15.9. The van der Waals surface area contributed by atoms with Crippen LogP contribution in [-0.2, 0) is 26.8 Å². The van der Waals surface area contributed by atoms with Crippen LogP contribution in [0.15, 0.2) is 77.7 Å². The van der Waals surface area contributed by atoms with Crippen molar-refractivity contribution in [3.63, 3.8) is 0 Å². The third-order valence-corrected chi connectivity index (χ3v) is 7.70. The number of carbonyl (C=O) groups is 1. The number of nitrogens with one attached hydrogen (secondary N) is 1. The second-order valence-corrected chi connectivity index (χ2v) is 11.5. The molecule has 1 aliphatic heterocycles. The van der Waals surface area contributed by atoms with E-state index in [-0.39, 0.29) is 22.8 Å². The lowest BCUT2D eigenvalue weighted by atomic mass is 9.86. The minimum atomic E-state index is -3.90. The number of anilines is 1. The predicted molar refractivity (Wildman–Crippen MR) is 134 cm³/mol. The second kappa shape index (κ2) is 9.14. The van der Waals surface area contributed by atoms with Crippen LogP contribution >= 0.6 is 0 Å². The summed E-state index contributed by atoms with van der Waals surface area (Å²) in [5.41, 5.74) is 3.33. The molecule has 0 saturated heterocycles. The maximum atomic E-state index is 13.6. The molecule has 1 N–H and O–H groups in total. The Morgan fingerprint density at radius 1 is 1.03 bits per heavy atom. The van der Waals surface area contributed by atoms with E-state index in [2.05, 4.69) is 26.1 Å². The number of hydrogen-bond donors (Lipinski definition) is 1. The summed E-state index contributed by atoms with van der Waals surface area (Å²) < 4.78 is 34.6. The lowest BCUT2D eigenvalue weighted by molar-refractivity contribution is -0.127. The third kappa shape index (κ3) is 4.94. The molecule has 178 valence electrons. The summed E-state index contributed by atoms with van der Waals surface area (Å²) >= 11 is 0. The molecule has 0 aromatic heterocycles. The quantitative estimate of drug-likeness (QED) is 0.583. The summed E-state index contributed by atoms with van der Waals surface area (Å²) in [5, 5.41) is 2.88. The molecule has 0 unspecified atom stereocenters. The maximum absolute atomic E-state index is 13.6. The highest BCUT2D eigenvalue weighted by Crippen LogP contribution is 2.40. The minimum Gasteiger partial charge on any atom is -0.476 e. The van der Waals surface area contributed by atoms with Crippen LogP contribution < -0.4 is 14.4 Å². The number of aryl methyl sites for hydroxylation is 1. The summed E-state index contributed by atoms with van der Waals surface area (Å²) in [4.78, 5) is 13.2. The van der Waals surface area contributed by atoms with Gasteiger partial charge in [0.15, 0.2) is 6.10 Å². The van der Waals surface area contributed by atoms with E-state index in [9.17, 15) is 13.2 Å². The van der Waals surface area contributed by atoms with E-state index in [1.165, 1.54) is 4.31 Å². The number of sulfonamides is 1. The Balaban J connectivity index is 1.66. The number of rotatable bonds is 5. The first kappa shape index (κ1) is 23.8. The summed E-state index contributed by atoms with van der Waals surface area (Å²) in [6.07, 6.45) is -0.975. The van der Waals surface area contributed by atoms with Crippen molar-refractivity contribution in [2.75, 3.05) is 10.8 Å². The number of carbonyl (C=O) groups excluding carboxylic acids is 1. The van der Waals surface area contributed by atoms with Gasteiger partial charge in [-0.3, -0.25) is 9.10 Å².